The summed E-state index contributed by atoms with van der Waals surface area (Å²) in [5, 5.41) is 12.1. The molecule has 1 aliphatic carbocycles. The highest BCUT2D eigenvalue weighted by Gasteiger charge is 2.36. The first kappa shape index (κ1) is 19.4. The van der Waals surface area contributed by atoms with Crippen LogP contribution in [0.4, 0.5) is 4.79 Å². The first-order valence-electron chi connectivity index (χ1n) is 10.2. The van der Waals surface area contributed by atoms with E-state index in [1.807, 2.05) is 41.2 Å². The summed E-state index contributed by atoms with van der Waals surface area (Å²) in [5.74, 6) is -0.807. The van der Waals surface area contributed by atoms with Gasteiger partial charge < -0.3 is 19.9 Å². The van der Waals surface area contributed by atoms with Crippen LogP contribution < -0.4 is 5.32 Å². The predicted octanol–water partition coefficient (Wildman–Crippen LogP) is 1.88. The summed E-state index contributed by atoms with van der Waals surface area (Å²) in [7, 11) is 0. The number of aromatic nitrogens is 2. The predicted molar refractivity (Wildman–Crippen MR) is 108 cm³/mol. The molecule has 8 heteroatoms. The molecule has 0 unspecified atom stereocenters. The van der Waals surface area contributed by atoms with E-state index in [0.29, 0.717) is 19.6 Å². The Kier molecular flexibility index (Phi) is 5.53. The molecular weight excluding hydrogens is 370 g/mol. The van der Waals surface area contributed by atoms with Gasteiger partial charge in [0.15, 0.2) is 0 Å². The third-order valence-corrected chi connectivity index (χ3v) is 5.94. The number of carboxylic acids is 1. The van der Waals surface area contributed by atoms with E-state index in [0.717, 1.165) is 36.3 Å². The van der Waals surface area contributed by atoms with Gasteiger partial charge in [-0.15, -0.1) is 0 Å². The Bertz CT molecular complexity index is 876. The second kappa shape index (κ2) is 8.24. The van der Waals surface area contributed by atoms with E-state index >= 15 is 0 Å². The average molecular weight is 397 g/mol. The Labute approximate surface area is 170 Å². The topological polar surface area (TPSA) is 90.7 Å². The van der Waals surface area contributed by atoms with E-state index < -0.39 is 5.97 Å². The van der Waals surface area contributed by atoms with Crippen molar-refractivity contribution in [2.75, 3.05) is 19.6 Å². The average Bonchev–Trinajstić information content (AvgIpc) is 3.12. The third kappa shape index (κ3) is 4.12. The van der Waals surface area contributed by atoms with Crippen molar-refractivity contribution in [1.29, 1.82) is 0 Å². The largest absolute Gasteiger partial charge is 0.480 e. The summed E-state index contributed by atoms with van der Waals surface area (Å²) >= 11 is 0. The number of nitrogens with zero attached hydrogens (tertiary/aromatic N) is 4. The minimum absolute atomic E-state index is 0.0564. The number of carboxylic acid groups (broad SMARTS) is 1. The molecule has 29 heavy (non-hydrogen) atoms. The number of hydrogen-bond acceptors (Lipinski definition) is 4. The first-order chi connectivity index (χ1) is 14.0. The van der Waals surface area contributed by atoms with Crippen LogP contribution in [0, 0.1) is 0 Å². The second-order valence-electron chi connectivity index (χ2n) is 7.74. The fourth-order valence-electron chi connectivity index (χ4n) is 4.24. The van der Waals surface area contributed by atoms with Crippen molar-refractivity contribution in [2.45, 2.75) is 44.8 Å². The Balaban J connectivity index is 1.31. The number of carbonyl (C=O) groups excluding carboxylic acids is 1. The van der Waals surface area contributed by atoms with Gasteiger partial charge in [0, 0.05) is 36.4 Å². The second-order valence-corrected chi connectivity index (χ2v) is 7.74. The number of urea groups is 1. The number of para-hydroxylation sites is 1. The lowest BCUT2D eigenvalue weighted by Gasteiger charge is -2.43. The molecular formula is C21H27N5O3. The quantitative estimate of drug-likeness (QED) is 0.777. The van der Waals surface area contributed by atoms with Gasteiger partial charge >= 0.3 is 12.0 Å². The molecule has 154 valence electrons. The lowest BCUT2D eigenvalue weighted by atomic mass is 9.85. The fourth-order valence-corrected chi connectivity index (χ4v) is 4.24. The van der Waals surface area contributed by atoms with E-state index in [4.69, 9.17) is 5.11 Å². The fraction of sp³-hybridized carbons (Fsp3) is 0.476. The van der Waals surface area contributed by atoms with Gasteiger partial charge in [-0.2, -0.15) is 0 Å². The van der Waals surface area contributed by atoms with Gasteiger partial charge in [0.25, 0.3) is 0 Å². The number of hydrogen-bond donors (Lipinski definition) is 2. The first-order valence-corrected chi connectivity index (χ1v) is 10.2. The molecule has 0 spiro atoms. The summed E-state index contributed by atoms with van der Waals surface area (Å²) in [6, 6.07) is 10.4. The summed E-state index contributed by atoms with van der Waals surface area (Å²) in [5.41, 5.74) is 3.19. The van der Waals surface area contributed by atoms with Crippen molar-refractivity contribution in [2.24, 2.45) is 0 Å². The molecule has 2 heterocycles. The highest BCUT2D eigenvalue weighted by Crippen LogP contribution is 2.26. The van der Waals surface area contributed by atoms with Crippen molar-refractivity contribution in [3.63, 3.8) is 0 Å². The third-order valence-electron chi connectivity index (χ3n) is 5.94. The molecule has 2 aliphatic rings. The molecule has 1 aromatic heterocycles. The smallest absolute Gasteiger partial charge is 0.317 e. The van der Waals surface area contributed by atoms with Crippen LogP contribution in [-0.2, 0) is 17.8 Å². The van der Waals surface area contributed by atoms with E-state index in [1.165, 1.54) is 0 Å². The standard InChI is InChI=1S/C21H27N5O3/c1-2-24(13-20(27)28)17-10-15(11-17)23-21(29)25-9-8-19-18(12-25)22-14-26(19)16-6-4-3-5-7-16/h3-7,14-15,17H,2,8-13H2,1H3,(H,23,29)(H,27,28). The zero-order chi connectivity index (χ0) is 20.4. The SMILES string of the molecule is CCN(CC(=O)O)C1CC(NC(=O)N2CCc3c(ncn3-c3ccccc3)C2)C1. The number of likely N-dealkylation sites (N-methyl/N-ethyl adjacent to an activating group) is 1. The molecule has 0 atom stereocenters. The van der Waals surface area contributed by atoms with Crippen molar-refractivity contribution < 1.29 is 14.7 Å². The summed E-state index contributed by atoms with van der Waals surface area (Å²) in [4.78, 5) is 31.9. The minimum Gasteiger partial charge on any atom is -0.480 e. The van der Waals surface area contributed by atoms with Crippen LogP contribution in [0.25, 0.3) is 5.69 Å². The summed E-state index contributed by atoms with van der Waals surface area (Å²) in [6.07, 6.45) is 4.20. The van der Waals surface area contributed by atoms with Crippen molar-refractivity contribution >= 4 is 12.0 Å². The van der Waals surface area contributed by atoms with Crippen LogP contribution >= 0.6 is 0 Å². The van der Waals surface area contributed by atoms with Crippen LogP contribution in [0.5, 0.6) is 0 Å². The number of amides is 2. The minimum atomic E-state index is -0.807. The molecule has 8 nitrogen and oxygen atoms in total. The van der Waals surface area contributed by atoms with Gasteiger partial charge in [-0.05, 0) is 31.5 Å². The van der Waals surface area contributed by atoms with Crippen molar-refractivity contribution in [1.82, 2.24) is 24.7 Å². The highest BCUT2D eigenvalue weighted by atomic mass is 16.4. The maximum atomic E-state index is 12.7. The molecule has 1 aromatic carbocycles. The molecule has 1 saturated carbocycles. The molecule has 0 saturated heterocycles. The van der Waals surface area contributed by atoms with Gasteiger partial charge in [-0.3, -0.25) is 9.69 Å². The van der Waals surface area contributed by atoms with Crippen LogP contribution in [0.3, 0.4) is 0 Å². The van der Waals surface area contributed by atoms with Crippen LogP contribution in [0.2, 0.25) is 0 Å². The maximum absolute atomic E-state index is 12.7. The van der Waals surface area contributed by atoms with E-state index in [9.17, 15) is 9.59 Å². The molecule has 1 fully saturated rings. The number of rotatable bonds is 6. The Morgan fingerprint density at radius 3 is 2.72 bits per heavy atom. The van der Waals surface area contributed by atoms with E-state index in [2.05, 4.69) is 27.0 Å². The molecule has 4 rings (SSSR count). The monoisotopic (exact) mass is 397 g/mol. The molecule has 1 aliphatic heterocycles. The Morgan fingerprint density at radius 1 is 1.28 bits per heavy atom. The van der Waals surface area contributed by atoms with Crippen molar-refractivity contribution in [3.8, 4) is 5.69 Å². The van der Waals surface area contributed by atoms with Gasteiger partial charge in [0.05, 0.1) is 25.1 Å². The van der Waals surface area contributed by atoms with Crippen molar-refractivity contribution in [3.05, 3.63) is 48.0 Å². The van der Waals surface area contributed by atoms with E-state index in [1.54, 1.807) is 0 Å². The summed E-state index contributed by atoms with van der Waals surface area (Å²) in [6.45, 7) is 3.90. The van der Waals surface area contributed by atoms with Crippen LogP contribution in [0.1, 0.15) is 31.2 Å². The number of aliphatic carboxylic acids is 1. The van der Waals surface area contributed by atoms with Gasteiger partial charge in [0.1, 0.15) is 0 Å². The molecule has 0 radical (unpaired) electrons. The number of imidazole rings is 1. The number of carbonyl (C=O) groups is 2. The Hall–Kier alpha value is -2.87. The Morgan fingerprint density at radius 2 is 2.03 bits per heavy atom. The zero-order valence-electron chi connectivity index (χ0n) is 16.6. The summed E-state index contributed by atoms with van der Waals surface area (Å²) < 4.78 is 2.10. The molecule has 2 amide bonds. The maximum Gasteiger partial charge on any atom is 0.317 e. The lowest BCUT2D eigenvalue weighted by molar-refractivity contribution is -0.139. The number of fused-ring (bicyclic) bond motifs is 1. The van der Waals surface area contributed by atoms with Gasteiger partial charge in [-0.25, -0.2) is 9.78 Å². The number of benzene rings is 1. The van der Waals surface area contributed by atoms with Crippen LogP contribution in [0.15, 0.2) is 36.7 Å². The van der Waals surface area contributed by atoms with Gasteiger partial charge in [0.2, 0.25) is 0 Å². The highest BCUT2D eigenvalue weighted by molar-refractivity contribution is 5.75. The zero-order valence-corrected chi connectivity index (χ0v) is 16.6. The molecule has 2 N–H and O–H groups in total. The normalized spacial score (nSPS) is 20.8. The lowest BCUT2D eigenvalue weighted by Crippen LogP contribution is -2.57. The van der Waals surface area contributed by atoms with Crippen LogP contribution in [-0.4, -0.2) is 68.2 Å². The van der Waals surface area contributed by atoms with Gasteiger partial charge in [-0.1, -0.05) is 25.1 Å². The molecule has 0 bridgehead atoms. The number of nitrogens with one attached hydrogen (secondary N) is 1. The van der Waals surface area contributed by atoms with E-state index in [-0.39, 0.29) is 24.7 Å². The molecule has 2 aromatic rings.